The molecule has 7 aromatic rings. The molecule has 0 saturated heterocycles. The zero-order chi connectivity index (χ0) is 32.3. The second kappa shape index (κ2) is 11.3. The van der Waals surface area contributed by atoms with Gasteiger partial charge in [-0.1, -0.05) is 109 Å². The van der Waals surface area contributed by atoms with Crippen molar-refractivity contribution in [3.63, 3.8) is 0 Å². The Hall–Kier alpha value is -6.04. The zero-order valence-corrected chi connectivity index (χ0v) is 26.8. The lowest BCUT2D eigenvalue weighted by atomic mass is 9.98. The van der Waals surface area contributed by atoms with Gasteiger partial charge in [0.2, 0.25) is 0 Å². The van der Waals surface area contributed by atoms with Gasteiger partial charge in [0.15, 0.2) is 23.0 Å². The Bertz CT molecular complexity index is 2440. The molecule has 2 unspecified atom stereocenters. The van der Waals surface area contributed by atoms with Crippen LogP contribution in [0.3, 0.4) is 0 Å². The lowest BCUT2D eigenvalue weighted by Gasteiger charge is -2.33. The first kappa shape index (κ1) is 28.0. The van der Waals surface area contributed by atoms with E-state index in [1.165, 1.54) is 33.3 Å². The summed E-state index contributed by atoms with van der Waals surface area (Å²) in [5.74, 6) is 2.96. The number of ether oxygens (including phenoxy) is 2. The fraction of sp³-hybridized carbons (Fsp3) is 0.0909. The smallest absolute Gasteiger partial charge is 0.194 e. The molecular weight excluding hydrogens is 603 g/mol. The molecule has 0 radical (unpaired) electrons. The van der Waals surface area contributed by atoms with Crippen LogP contribution < -0.4 is 20.1 Å². The first-order valence-corrected chi connectivity index (χ1v) is 17.0. The Labute approximate surface area is 284 Å². The molecule has 3 heterocycles. The van der Waals surface area contributed by atoms with E-state index in [4.69, 9.17) is 9.47 Å². The molecule has 6 aromatic carbocycles. The predicted octanol–water partition coefficient (Wildman–Crippen LogP) is 10.6. The van der Waals surface area contributed by atoms with E-state index in [1.807, 2.05) is 12.1 Å². The number of allylic oxidation sites excluding steroid dienone is 1. The minimum Gasteiger partial charge on any atom is -0.449 e. The molecule has 0 spiro atoms. The molecule has 5 heteroatoms. The van der Waals surface area contributed by atoms with Crippen molar-refractivity contribution in [2.45, 2.75) is 25.0 Å². The number of hydrogen-bond acceptors (Lipinski definition) is 4. The second-order valence-electron chi connectivity index (χ2n) is 12.9. The fourth-order valence-electron chi connectivity index (χ4n) is 7.59. The predicted molar refractivity (Wildman–Crippen MR) is 197 cm³/mol. The van der Waals surface area contributed by atoms with E-state index >= 15 is 0 Å². The molecule has 10 rings (SSSR count). The summed E-state index contributed by atoms with van der Waals surface area (Å²) >= 11 is 0. The largest absolute Gasteiger partial charge is 0.449 e. The van der Waals surface area contributed by atoms with Gasteiger partial charge in [-0.3, -0.25) is 5.32 Å². The van der Waals surface area contributed by atoms with Gasteiger partial charge in [0.25, 0.3) is 0 Å². The molecular formula is C44H33N3O2. The summed E-state index contributed by atoms with van der Waals surface area (Å²) in [6, 6.07) is 46.9. The molecule has 1 aliphatic carbocycles. The van der Waals surface area contributed by atoms with Crippen LogP contribution in [0.25, 0.3) is 39.1 Å². The molecule has 2 atom stereocenters. The van der Waals surface area contributed by atoms with Gasteiger partial charge in [-0.15, -0.1) is 0 Å². The number of aromatic nitrogens is 1. The number of fused-ring (bicyclic) bond motifs is 7. The van der Waals surface area contributed by atoms with Crippen LogP contribution in [-0.4, -0.2) is 4.57 Å². The normalized spacial score (nSPS) is 17.7. The highest BCUT2D eigenvalue weighted by molar-refractivity contribution is 5.99. The minimum absolute atomic E-state index is 0.0678. The number of hydrogen-bond donors (Lipinski definition) is 2. The lowest BCUT2D eigenvalue weighted by molar-refractivity contribution is 0.363. The highest BCUT2D eigenvalue weighted by Gasteiger charge is 2.29. The number of nitrogens with one attached hydrogen (secondary N) is 2. The number of rotatable bonds is 4. The summed E-state index contributed by atoms with van der Waals surface area (Å²) in [5, 5.41) is 11.0. The monoisotopic (exact) mass is 635 g/mol. The molecule has 0 amide bonds. The van der Waals surface area contributed by atoms with Crippen LogP contribution in [0.2, 0.25) is 0 Å². The van der Waals surface area contributed by atoms with Crippen molar-refractivity contribution in [1.82, 2.24) is 15.2 Å². The Balaban J connectivity index is 1.06. The van der Waals surface area contributed by atoms with E-state index in [1.54, 1.807) is 0 Å². The van der Waals surface area contributed by atoms with Crippen molar-refractivity contribution in [2.75, 3.05) is 0 Å². The minimum atomic E-state index is -0.0754. The van der Waals surface area contributed by atoms with Crippen LogP contribution in [0.5, 0.6) is 23.0 Å². The summed E-state index contributed by atoms with van der Waals surface area (Å²) in [6.07, 6.45) is 8.70. The Morgan fingerprint density at radius 2 is 1.37 bits per heavy atom. The van der Waals surface area contributed by atoms with E-state index in [0.717, 1.165) is 63.5 Å². The van der Waals surface area contributed by atoms with Gasteiger partial charge >= 0.3 is 0 Å². The maximum Gasteiger partial charge on any atom is 0.194 e. The maximum atomic E-state index is 6.77. The standard InChI is InChI=1S/C44H33N3O2/c1-3-11-28(12-4-1)36-27-37(29-13-5-2-6-14-29)46-44(45-36)30-19-21-33(22-20-30)47-38-18-10-9-17-34(38)35-23-24-39-43(42(35)47)49-41-26-32-16-8-7-15-31(32)25-40(41)48-39/h1-9,11-17,19-27,36,44-46H,10,18H2. The van der Waals surface area contributed by atoms with Gasteiger partial charge in [0, 0.05) is 28.0 Å². The summed E-state index contributed by atoms with van der Waals surface area (Å²) in [5.41, 5.74) is 9.37. The molecule has 49 heavy (non-hydrogen) atoms. The van der Waals surface area contributed by atoms with Crippen molar-refractivity contribution in [1.29, 1.82) is 0 Å². The third kappa shape index (κ3) is 4.73. The summed E-state index contributed by atoms with van der Waals surface area (Å²) in [6.45, 7) is 0. The van der Waals surface area contributed by atoms with Crippen LogP contribution in [0.1, 0.15) is 46.6 Å². The molecule has 1 aromatic heterocycles. The van der Waals surface area contributed by atoms with Gasteiger partial charge in [-0.2, -0.15) is 0 Å². The molecule has 2 aliphatic heterocycles. The Morgan fingerprint density at radius 3 is 2.14 bits per heavy atom. The Morgan fingerprint density at radius 1 is 0.653 bits per heavy atom. The fourth-order valence-corrected chi connectivity index (χ4v) is 7.59. The Kier molecular flexibility index (Phi) is 6.46. The van der Waals surface area contributed by atoms with Gasteiger partial charge in [0.1, 0.15) is 11.7 Å². The average Bonchev–Trinajstić information content (AvgIpc) is 3.52. The third-order valence-electron chi connectivity index (χ3n) is 9.97. The molecule has 0 fully saturated rings. The number of nitrogens with zero attached hydrogens (tertiary/aromatic N) is 1. The third-order valence-corrected chi connectivity index (χ3v) is 9.97. The molecule has 236 valence electrons. The van der Waals surface area contributed by atoms with Crippen LogP contribution in [0.15, 0.2) is 146 Å². The van der Waals surface area contributed by atoms with Gasteiger partial charge in [-0.05, 0) is 82.8 Å². The van der Waals surface area contributed by atoms with E-state index in [0.29, 0.717) is 0 Å². The van der Waals surface area contributed by atoms with Crippen molar-refractivity contribution in [3.05, 3.63) is 174 Å². The second-order valence-corrected chi connectivity index (χ2v) is 12.9. The summed E-state index contributed by atoms with van der Waals surface area (Å²) < 4.78 is 15.7. The van der Waals surface area contributed by atoms with Crippen LogP contribution >= 0.6 is 0 Å². The van der Waals surface area contributed by atoms with E-state index < -0.39 is 0 Å². The van der Waals surface area contributed by atoms with Crippen LogP contribution in [-0.2, 0) is 6.42 Å². The number of benzene rings is 6. The van der Waals surface area contributed by atoms with E-state index in [9.17, 15) is 0 Å². The molecule has 3 aliphatic rings. The van der Waals surface area contributed by atoms with Gasteiger partial charge in [-0.25, -0.2) is 0 Å². The first-order chi connectivity index (χ1) is 24.3. The SMILES string of the molecule is C1=Cc2c(n(-c3ccc(C4NC(c5ccccc5)=CC(c5ccccc5)N4)cc3)c3c4c(ccc23)Oc2cc3ccccc3cc2O4)CC1. The quantitative estimate of drug-likeness (QED) is 0.202. The van der Waals surface area contributed by atoms with Crippen LogP contribution in [0.4, 0.5) is 0 Å². The van der Waals surface area contributed by atoms with Crippen LogP contribution in [0, 0.1) is 0 Å². The van der Waals surface area contributed by atoms with Gasteiger partial charge in [0.05, 0.1) is 6.04 Å². The molecule has 5 nitrogen and oxygen atoms in total. The first-order valence-electron chi connectivity index (χ1n) is 17.0. The zero-order valence-electron chi connectivity index (χ0n) is 26.8. The van der Waals surface area contributed by atoms with E-state index in [-0.39, 0.29) is 12.2 Å². The van der Waals surface area contributed by atoms with Crippen molar-refractivity contribution in [3.8, 4) is 28.7 Å². The maximum absolute atomic E-state index is 6.77. The lowest BCUT2D eigenvalue weighted by Crippen LogP contribution is -2.39. The molecule has 0 saturated carbocycles. The van der Waals surface area contributed by atoms with Crippen molar-refractivity contribution >= 4 is 33.4 Å². The van der Waals surface area contributed by atoms with Crippen molar-refractivity contribution < 1.29 is 9.47 Å². The molecule has 2 N–H and O–H groups in total. The average molecular weight is 636 g/mol. The van der Waals surface area contributed by atoms with Crippen molar-refractivity contribution in [2.24, 2.45) is 0 Å². The van der Waals surface area contributed by atoms with E-state index in [2.05, 4.69) is 155 Å². The topological polar surface area (TPSA) is 47.5 Å². The highest BCUT2D eigenvalue weighted by Crippen LogP contribution is 2.52. The highest BCUT2D eigenvalue weighted by atomic mass is 16.6. The van der Waals surface area contributed by atoms with Gasteiger partial charge < -0.3 is 19.4 Å². The molecule has 0 bridgehead atoms. The summed E-state index contributed by atoms with van der Waals surface area (Å²) in [7, 11) is 0. The summed E-state index contributed by atoms with van der Waals surface area (Å²) in [4.78, 5) is 0.